The molecule has 8 aromatic rings. The highest BCUT2D eigenvalue weighted by Crippen LogP contribution is 2.40. The highest BCUT2D eigenvalue weighted by Gasteiger charge is 2.16. The number of hydrogen-bond donors (Lipinski definition) is 0. The molecule has 266 valence electrons. The minimum Gasteiger partial charge on any atom is -0.497 e. The van der Waals surface area contributed by atoms with E-state index in [1.165, 1.54) is 21.9 Å². The van der Waals surface area contributed by atoms with E-state index < -0.39 is 0 Å². The Balaban J connectivity index is 1.11. The molecule has 0 radical (unpaired) electrons. The Kier molecular flexibility index (Phi) is 9.48. The van der Waals surface area contributed by atoms with E-state index in [1.54, 1.807) is 28.4 Å². The second-order valence-corrected chi connectivity index (χ2v) is 13.0. The minimum atomic E-state index is 0.817. The van der Waals surface area contributed by atoms with Crippen molar-refractivity contribution < 1.29 is 18.9 Å². The fraction of sp³-hybridized carbons (Fsp3) is 0.0833. The zero-order valence-corrected chi connectivity index (χ0v) is 30.7. The van der Waals surface area contributed by atoms with Crippen molar-refractivity contribution in [1.29, 1.82) is 0 Å². The van der Waals surface area contributed by atoms with Crippen LogP contribution in [0, 0.1) is 0 Å². The zero-order valence-electron chi connectivity index (χ0n) is 30.7. The Morgan fingerprint density at radius 3 is 0.778 bits per heavy atom. The number of ether oxygens (including phenoxy) is 4. The van der Waals surface area contributed by atoms with Crippen LogP contribution in [0.5, 0.6) is 23.0 Å². The smallest absolute Gasteiger partial charge is 0.119 e. The van der Waals surface area contributed by atoms with E-state index in [2.05, 4.69) is 131 Å². The molecule has 0 aliphatic carbocycles. The van der Waals surface area contributed by atoms with E-state index in [9.17, 15) is 0 Å². The Labute approximate surface area is 316 Å². The van der Waals surface area contributed by atoms with E-state index in [0.29, 0.717) is 0 Å². The largest absolute Gasteiger partial charge is 0.497 e. The number of fused-ring (bicyclic) bond motifs is 2. The van der Waals surface area contributed by atoms with E-state index in [-0.39, 0.29) is 0 Å². The zero-order chi connectivity index (χ0) is 37.0. The topological polar surface area (TPSA) is 43.4 Å². The first kappa shape index (κ1) is 34.2. The lowest BCUT2D eigenvalue weighted by molar-refractivity contribution is 0.414. The van der Waals surface area contributed by atoms with Crippen molar-refractivity contribution in [2.75, 3.05) is 38.2 Å². The number of anilines is 6. The third-order valence-electron chi connectivity index (χ3n) is 9.82. The van der Waals surface area contributed by atoms with Gasteiger partial charge in [0.1, 0.15) is 23.0 Å². The predicted octanol–water partition coefficient (Wildman–Crippen LogP) is 12.6. The molecular weight excluding hydrogens is 669 g/mol. The van der Waals surface area contributed by atoms with E-state index in [4.69, 9.17) is 18.9 Å². The fourth-order valence-corrected chi connectivity index (χ4v) is 6.92. The van der Waals surface area contributed by atoms with Crippen LogP contribution < -0.4 is 28.7 Å². The van der Waals surface area contributed by atoms with Gasteiger partial charge in [0, 0.05) is 34.1 Å². The van der Waals surface area contributed by atoms with Gasteiger partial charge in [-0.15, -0.1) is 0 Å². The summed E-state index contributed by atoms with van der Waals surface area (Å²) >= 11 is 0. The Hall–Kier alpha value is -6.92. The summed E-state index contributed by atoms with van der Waals surface area (Å²) < 4.78 is 21.7. The van der Waals surface area contributed by atoms with Gasteiger partial charge in [-0.25, -0.2) is 0 Å². The van der Waals surface area contributed by atoms with Gasteiger partial charge in [-0.05, 0) is 166 Å². The van der Waals surface area contributed by atoms with Crippen LogP contribution in [0.3, 0.4) is 0 Å². The molecule has 0 heterocycles. The third-order valence-corrected chi connectivity index (χ3v) is 9.82. The molecule has 0 aliphatic rings. The van der Waals surface area contributed by atoms with Crippen LogP contribution in [0.1, 0.15) is 0 Å². The molecule has 8 aromatic carbocycles. The van der Waals surface area contributed by atoms with Gasteiger partial charge in [-0.1, -0.05) is 36.4 Å². The monoisotopic (exact) mass is 708 g/mol. The van der Waals surface area contributed by atoms with Crippen LogP contribution in [0.25, 0.3) is 32.7 Å². The van der Waals surface area contributed by atoms with E-state index >= 15 is 0 Å². The van der Waals surface area contributed by atoms with Crippen LogP contribution in [0.2, 0.25) is 0 Å². The van der Waals surface area contributed by atoms with Crippen LogP contribution in [-0.2, 0) is 0 Å². The number of hydrogen-bond acceptors (Lipinski definition) is 6. The molecule has 0 unspecified atom stereocenters. The van der Waals surface area contributed by atoms with E-state index in [0.717, 1.165) is 67.9 Å². The summed E-state index contributed by atoms with van der Waals surface area (Å²) in [5.41, 5.74) is 8.60. The van der Waals surface area contributed by atoms with Gasteiger partial charge < -0.3 is 28.7 Å². The van der Waals surface area contributed by atoms with Gasteiger partial charge in [0.2, 0.25) is 0 Å². The number of benzene rings is 8. The van der Waals surface area contributed by atoms with Crippen LogP contribution in [0.15, 0.2) is 170 Å². The molecule has 0 aromatic heterocycles. The first-order valence-electron chi connectivity index (χ1n) is 17.8. The average molecular weight is 709 g/mol. The van der Waals surface area contributed by atoms with E-state index in [1.807, 2.05) is 48.5 Å². The van der Waals surface area contributed by atoms with Crippen molar-refractivity contribution in [3.05, 3.63) is 170 Å². The molecular formula is C48H40N2O4. The molecule has 0 atom stereocenters. The average Bonchev–Trinajstić information content (AvgIpc) is 3.24. The van der Waals surface area contributed by atoms with Gasteiger partial charge in [-0.2, -0.15) is 0 Å². The number of rotatable bonds is 11. The number of methoxy groups -OCH3 is 4. The molecule has 0 N–H and O–H groups in total. The second-order valence-electron chi connectivity index (χ2n) is 13.0. The molecule has 0 saturated heterocycles. The van der Waals surface area contributed by atoms with Crippen LogP contribution in [0.4, 0.5) is 34.1 Å². The van der Waals surface area contributed by atoms with Crippen molar-refractivity contribution in [3.8, 4) is 34.1 Å². The molecule has 0 spiro atoms. The molecule has 54 heavy (non-hydrogen) atoms. The lowest BCUT2D eigenvalue weighted by Gasteiger charge is -2.26. The summed E-state index contributed by atoms with van der Waals surface area (Å²) in [7, 11) is 6.74. The summed E-state index contributed by atoms with van der Waals surface area (Å²) in [5, 5.41) is 4.66. The van der Waals surface area contributed by atoms with Gasteiger partial charge in [0.05, 0.1) is 28.4 Å². The number of nitrogens with zero attached hydrogens (tertiary/aromatic N) is 2. The van der Waals surface area contributed by atoms with Gasteiger partial charge >= 0.3 is 0 Å². The lowest BCUT2D eigenvalue weighted by atomic mass is 9.98. The molecule has 0 fully saturated rings. The molecule has 0 amide bonds. The standard InChI is InChI=1S/C48H40N2O4/c1-51-45-21-13-39(14-22-45)49(40-15-23-46(52-2)24-16-40)43-11-9-35-29-33(5-7-37(35)31-43)34-6-8-38-32-44(12-10-36(38)30-34)50(41-17-25-47(53-3)26-18-41)42-19-27-48(54-4)28-20-42/h5-32H,1-4H3. The van der Waals surface area contributed by atoms with Gasteiger partial charge in [0.15, 0.2) is 0 Å². The first-order chi connectivity index (χ1) is 26.5. The highest BCUT2D eigenvalue weighted by molar-refractivity contribution is 5.95. The summed E-state index contributed by atoms with van der Waals surface area (Å²) in [6.07, 6.45) is 0. The summed E-state index contributed by atoms with van der Waals surface area (Å²) in [6, 6.07) is 59.2. The quantitative estimate of drug-likeness (QED) is 0.133. The van der Waals surface area contributed by atoms with Crippen molar-refractivity contribution in [1.82, 2.24) is 0 Å². The second kappa shape index (κ2) is 15.0. The van der Waals surface area contributed by atoms with Crippen LogP contribution in [-0.4, -0.2) is 28.4 Å². The minimum absolute atomic E-state index is 0.817. The molecule has 8 rings (SSSR count). The first-order valence-corrected chi connectivity index (χ1v) is 17.8. The SMILES string of the molecule is COc1ccc(N(c2ccc(OC)cc2)c2ccc3cc(-c4ccc5cc(N(c6ccc(OC)cc6)c6ccc(OC)cc6)ccc5c4)ccc3c2)cc1. The molecule has 0 saturated carbocycles. The summed E-state index contributed by atoms with van der Waals surface area (Å²) in [5.74, 6) is 3.27. The van der Waals surface area contributed by atoms with Crippen LogP contribution >= 0.6 is 0 Å². The lowest BCUT2D eigenvalue weighted by Crippen LogP contribution is -2.09. The van der Waals surface area contributed by atoms with Crippen molar-refractivity contribution in [2.45, 2.75) is 0 Å². The molecule has 6 nitrogen and oxygen atoms in total. The predicted molar refractivity (Wildman–Crippen MR) is 222 cm³/mol. The maximum absolute atomic E-state index is 5.44. The normalized spacial score (nSPS) is 11.0. The molecule has 0 bridgehead atoms. The Morgan fingerprint density at radius 1 is 0.259 bits per heavy atom. The Morgan fingerprint density at radius 2 is 0.500 bits per heavy atom. The van der Waals surface area contributed by atoms with Crippen molar-refractivity contribution in [2.24, 2.45) is 0 Å². The Bertz CT molecular complexity index is 2260. The molecule has 6 heteroatoms. The highest BCUT2D eigenvalue weighted by atomic mass is 16.5. The maximum atomic E-state index is 5.44. The molecule has 0 aliphatic heterocycles. The van der Waals surface area contributed by atoms with Gasteiger partial charge in [-0.3, -0.25) is 0 Å². The third kappa shape index (κ3) is 6.85. The summed E-state index contributed by atoms with van der Waals surface area (Å²) in [6.45, 7) is 0. The van der Waals surface area contributed by atoms with Crippen molar-refractivity contribution >= 4 is 55.7 Å². The van der Waals surface area contributed by atoms with Crippen molar-refractivity contribution in [3.63, 3.8) is 0 Å². The van der Waals surface area contributed by atoms with Gasteiger partial charge in [0.25, 0.3) is 0 Å². The maximum Gasteiger partial charge on any atom is 0.119 e. The fourth-order valence-electron chi connectivity index (χ4n) is 6.92. The summed E-state index contributed by atoms with van der Waals surface area (Å²) in [4.78, 5) is 4.49.